The Balaban J connectivity index is 1.91. The van der Waals surface area contributed by atoms with Gasteiger partial charge in [0.15, 0.2) is 0 Å². The molecule has 3 rings (SSSR count). The molecule has 0 aliphatic carbocycles. The maximum atomic E-state index is 12.6. The predicted molar refractivity (Wildman–Crippen MR) is 116 cm³/mol. The molecule has 1 aromatic heterocycles. The minimum atomic E-state index is -3.83. The second-order valence-corrected chi connectivity index (χ2v) is 8.93. The molecule has 0 atom stereocenters. The van der Waals surface area contributed by atoms with Gasteiger partial charge in [0.05, 0.1) is 17.4 Å². The minimum Gasteiger partial charge on any atom is -0.492 e. The van der Waals surface area contributed by atoms with Gasteiger partial charge in [-0.05, 0) is 37.3 Å². The maximum absolute atomic E-state index is 12.6. The van der Waals surface area contributed by atoms with Crippen LogP contribution in [0.3, 0.4) is 0 Å². The summed E-state index contributed by atoms with van der Waals surface area (Å²) >= 11 is 0. The molecule has 0 unspecified atom stereocenters. The SMILES string of the molecule is CCOc1ccc(NC(=O)Cn2[nH]c(=O)c3ccccc3c2=O)cc1S(=O)(=O)N(C)C. The van der Waals surface area contributed by atoms with Crippen LogP contribution >= 0.6 is 0 Å². The van der Waals surface area contributed by atoms with Gasteiger partial charge in [0.1, 0.15) is 17.2 Å². The van der Waals surface area contributed by atoms with Gasteiger partial charge in [-0.25, -0.2) is 17.4 Å². The number of hydrogen-bond acceptors (Lipinski definition) is 6. The number of benzene rings is 2. The monoisotopic (exact) mass is 446 g/mol. The van der Waals surface area contributed by atoms with Crippen molar-refractivity contribution >= 4 is 32.4 Å². The van der Waals surface area contributed by atoms with Crippen LogP contribution in [-0.2, 0) is 21.4 Å². The zero-order valence-corrected chi connectivity index (χ0v) is 18.0. The number of sulfonamides is 1. The molecule has 0 bridgehead atoms. The van der Waals surface area contributed by atoms with E-state index in [0.717, 1.165) is 8.99 Å². The summed E-state index contributed by atoms with van der Waals surface area (Å²) in [5, 5.41) is 5.35. The van der Waals surface area contributed by atoms with Crippen LogP contribution in [0.25, 0.3) is 10.8 Å². The van der Waals surface area contributed by atoms with Crippen molar-refractivity contribution < 1.29 is 17.9 Å². The van der Waals surface area contributed by atoms with Crippen molar-refractivity contribution in [3.8, 4) is 5.75 Å². The van der Waals surface area contributed by atoms with Gasteiger partial charge in [0.25, 0.3) is 11.1 Å². The number of nitrogens with one attached hydrogen (secondary N) is 2. The van der Waals surface area contributed by atoms with Crippen molar-refractivity contribution in [3.05, 3.63) is 63.2 Å². The van der Waals surface area contributed by atoms with Crippen LogP contribution in [0.15, 0.2) is 56.9 Å². The summed E-state index contributed by atoms with van der Waals surface area (Å²) < 4.78 is 32.6. The van der Waals surface area contributed by atoms with Gasteiger partial charge in [-0.2, -0.15) is 0 Å². The first-order valence-corrected chi connectivity index (χ1v) is 10.8. The van der Waals surface area contributed by atoms with Crippen LogP contribution in [0.1, 0.15) is 6.92 Å². The molecule has 0 spiro atoms. The van der Waals surface area contributed by atoms with Gasteiger partial charge < -0.3 is 10.1 Å². The molecule has 31 heavy (non-hydrogen) atoms. The summed E-state index contributed by atoms with van der Waals surface area (Å²) in [6.45, 7) is 1.53. The lowest BCUT2D eigenvalue weighted by molar-refractivity contribution is -0.117. The molecule has 11 heteroatoms. The number of aromatic nitrogens is 2. The van der Waals surface area contributed by atoms with Gasteiger partial charge in [-0.1, -0.05) is 12.1 Å². The van der Waals surface area contributed by atoms with Crippen LogP contribution in [0.2, 0.25) is 0 Å². The lowest BCUT2D eigenvalue weighted by atomic mass is 10.2. The summed E-state index contributed by atoms with van der Waals surface area (Å²) in [5.74, 6) is -0.463. The number of aromatic amines is 1. The molecule has 0 aliphatic rings. The molecule has 0 fully saturated rings. The summed E-state index contributed by atoms with van der Waals surface area (Å²) in [6, 6.07) is 10.5. The van der Waals surface area contributed by atoms with E-state index < -0.39 is 33.6 Å². The molecule has 2 N–H and O–H groups in total. The van der Waals surface area contributed by atoms with Crippen LogP contribution in [-0.4, -0.2) is 49.1 Å². The topological polar surface area (TPSA) is 131 Å². The van der Waals surface area contributed by atoms with Crippen molar-refractivity contribution in [2.45, 2.75) is 18.4 Å². The average molecular weight is 446 g/mol. The Bertz CT molecular complexity index is 1360. The predicted octanol–water partition coefficient (Wildman–Crippen LogP) is 0.978. The smallest absolute Gasteiger partial charge is 0.273 e. The van der Waals surface area contributed by atoms with Gasteiger partial charge in [0.2, 0.25) is 15.9 Å². The Morgan fingerprint density at radius 2 is 1.81 bits per heavy atom. The zero-order chi connectivity index (χ0) is 22.8. The lowest BCUT2D eigenvalue weighted by Gasteiger charge is -2.16. The maximum Gasteiger partial charge on any atom is 0.273 e. The Kier molecular flexibility index (Phi) is 6.27. The number of nitrogens with zero attached hydrogens (tertiary/aromatic N) is 2. The van der Waals surface area contributed by atoms with E-state index >= 15 is 0 Å². The van der Waals surface area contributed by atoms with Gasteiger partial charge in [0, 0.05) is 19.8 Å². The van der Waals surface area contributed by atoms with E-state index in [4.69, 9.17) is 4.74 Å². The highest BCUT2D eigenvalue weighted by Gasteiger charge is 2.23. The highest BCUT2D eigenvalue weighted by Crippen LogP contribution is 2.29. The average Bonchev–Trinajstić information content (AvgIpc) is 2.73. The molecule has 2 aromatic carbocycles. The molecular weight excluding hydrogens is 424 g/mol. The standard InChI is InChI=1S/C20H22N4O6S/c1-4-30-16-10-9-13(11-17(16)31(28,29)23(2)3)21-18(25)12-24-20(27)15-8-6-5-7-14(15)19(26)22-24/h5-11H,4,12H2,1-3H3,(H,21,25)(H,22,26). The fourth-order valence-corrected chi connectivity index (χ4v) is 4.01. The second-order valence-electron chi connectivity index (χ2n) is 6.81. The van der Waals surface area contributed by atoms with Crippen molar-refractivity contribution in [2.75, 3.05) is 26.0 Å². The number of carbonyl (C=O) groups excluding carboxylic acids is 1. The van der Waals surface area contributed by atoms with E-state index in [1.54, 1.807) is 19.1 Å². The number of hydrogen-bond donors (Lipinski definition) is 2. The summed E-state index contributed by atoms with van der Waals surface area (Å²) in [4.78, 5) is 37.1. The largest absolute Gasteiger partial charge is 0.492 e. The third-order valence-electron chi connectivity index (χ3n) is 4.47. The zero-order valence-electron chi connectivity index (χ0n) is 17.2. The lowest BCUT2D eigenvalue weighted by Crippen LogP contribution is -2.34. The third kappa shape index (κ3) is 4.52. The van der Waals surface area contributed by atoms with Crippen molar-refractivity contribution in [1.82, 2.24) is 14.1 Å². The molecule has 3 aromatic rings. The summed E-state index contributed by atoms with van der Waals surface area (Å²) in [5.41, 5.74) is -0.818. The summed E-state index contributed by atoms with van der Waals surface area (Å²) in [6.07, 6.45) is 0. The number of rotatable bonds is 7. The first-order chi connectivity index (χ1) is 14.6. The fourth-order valence-electron chi connectivity index (χ4n) is 2.96. The number of ether oxygens (including phenoxy) is 1. The van der Waals surface area contributed by atoms with Gasteiger partial charge in [-0.3, -0.25) is 19.5 Å². The Morgan fingerprint density at radius 3 is 2.45 bits per heavy atom. The first kappa shape index (κ1) is 22.2. The van der Waals surface area contributed by atoms with E-state index in [1.165, 1.54) is 44.4 Å². The number of anilines is 1. The van der Waals surface area contributed by atoms with E-state index in [0.29, 0.717) is 0 Å². The first-order valence-electron chi connectivity index (χ1n) is 9.36. The van der Waals surface area contributed by atoms with Crippen LogP contribution in [0, 0.1) is 0 Å². The van der Waals surface area contributed by atoms with Gasteiger partial charge >= 0.3 is 0 Å². The van der Waals surface area contributed by atoms with E-state index in [2.05, 4.69) is 10.4 Å². The highest BCUT2D eigenvalue weighted by atomic mass is 32.2. The van der Waals surface area contributed by atoms with Crippen LogP contribution < -0.4 is 21.2 Å². The normalized spacial score (nSPS) is 11.6. The molecule has 0 radical (unpaired) electrons. The third-order valence-corrected chi connectivity index (χ3v) is 6.31. The molecule has 0 saturated heterocycles. The van der Waals surface area contributed by atoms with Gasteiger partial charge in [-0.15, -0.1) is 0 Å². The number of carbonyl (C=O) groups is 1. The molecule has 164 valence electrons. The number of amides is 1. The molecular formula is C20H22N4O6S. The molecule has 1 amide bonds. The molecule has 0 aliphatic heterocycles. The second kappa shape index (κ2) is 8.74. The molecule has 1 heterocycles. The van der Waals surface area contributed by atoms with E-state index in [9.17, 15) is 22.8 Å². The Hall–Kier alpha value is -3.44. The highest BCUT2D eigenvalue weighted by molar-refractivity contribution is 7.89. The molecule has 10 nitrogen and oxygen atoms in total. The quantitative estimate of drug-likeness (QED) is 0.556. The van der Waals surface area contributed by atoms with Crippen LogP contribution in [0.5, 0.6) is 5.75 Å². The Morgan fingerprint density at radius 1 is 1.13 bits per heavy atom. The van der Waals surface area contributed by atoms with E-state index in [1.807, 2.05) is 0 Å². The van der Waals surface area contributed by atoms with E-state index in [-0.39, 0.29) is 33.7 Å². The summed E-state index contributed by atoms with van der Waals surface area (Å²) in [7, 11) is -1.05. The van der Waals surface area contributed by atoms with Crippen LogP contribution in [0.4, 0.5) is 5.69 Å². The van der Waals surface area contributed by atoms with Crippen molar-refractivity contribution in [1.29, 1.82) is 0 Å². The minimum absolute atomic E-state index is 0.103. The van der Waals surface area contributed by atoms with Crippen molar-refractivity contribution in [3.63, 3.8) is 0 Å². The number of H-pyrrole nitrogens is 1. The molecule has 0 saturated carbocycles. The Labute approximate surface area is 178 Å². The van der Waals surface area contributed by atoms with Crippen molar-refractivity contribution in [2.24, 2.45) is 0 Å². The number of fused-ring (bicyclic) bond motifs is 1. The fraction of sp³-hybridized carbons (Fsp3) is 0.250.